The number of carboxylic acids is 1. The summed E-state index contributed by atoms with van der Waals surface area (Å²) in [6, 6.07) is -1.55. The number of hydrogen-bond donors (Lipinski definition) is 4. The summed E-state index contributed by atoms with van der Waals surface area (Å²) in [6.07, 6.45) is 44.4. The van der Waals surface area contributed by atoms with Gasteiger partial charge in [0.1, 0.15) is 12.7 Å². The van der Waals surface area contributed by atoms with Crippen LogP contribution in [0.15, 0.2) is 36.5 Å². The van der Waals surface area contributed by atoms with Gasteiger partial charge in [-0.3, -0.25) is 18.6 Å². The van der Waals surface area contributed by atoms with E-state index in [-0.39, 0.29) is 12.8 Å². The van der Waals surface area contributed by atoms with Gasteiger partial charge in [0.15, 0.2) is 6.04 Å². The summed E-state index contributed by atoms with van der Waals surface area (Å²) in [6.45, 7) is 2.56. The first-order valence-corrected chi connectivity index (χ1v) is 24.5. The molecule has 12 heteroatoms. The number of phosphoric ester groups is 1. The van der Waals surface area contributed by atoms with Gasteiger partial charge in [0, 0.05) is 12.8 Å². The van der Waals surface area contributed by atoms with Gasteiger partial charge in [0.25, 0.3) is 0 Å². The van der Waals surface area contributed by atoms with Crippen LogP contribution in [-0.2, 0) is 32.7 Å². The predicted molar refractivity (Wildman–Crippen MR) is 236 cm³/mol. The molecule has 0 heterocycles. The van der Waals surface area contributed by atoms with Gasteiger partial charge < -0.3 is 25.2 Å². The van der Waals surface area contributed by atoms with Crippen molar-refractivity contribution >= 4 is 25.7 Å². The number of unbranched alkanes of at least 4 members (excludes halogenated alkanes) is 23. The Hall–Kier alpha value is -2.30. The Bertz CT molecular complexity index is 1130. The van der Waals surface area contributed by atoms with Crippen molar-refractivity contribution in [1.82, 2.24) is 5.32 Å². The monoisotopic (exact) mass is 842 g/mol. The first kappa shape index (κ1) is 55.7. The van der Waals surface area contributed by atoms with Gasteiger partial charge in [0.2, 0.25) is 5.91 Å². The number of aliphatic carboxylic acids is 1. The molecule has 3 atom stereocenters. The highest BCUT2D eigenvalue weighted by atomic mass is 31.2. The minimum atomic E-state index is -4.76. The highest BCUT2D eigenvalue weighted by Gasteiger charge is 2.28. The summed E-state index contributed by atoms with van der Waals surface area (Å²) in [5, 5.41) is 21.8. The normalized spacial score (nSPS) is 14.0. The second-order valence-corrected chi connectivity index (χ2v) is 17.0. The summed E-state index contributed by atoms with van der Waals surface area (Å²) in [5.41, 5.74) is 0. The Balaban J connectivity index is 3.89. The zero-order valence-corrected chi connectivity index (χ0v) is 37.5. The predicted octanol–water partition coefficient (Wildman–Crippen LogP) is 12.0. The highest BCUT2D eigenvalue weighted by molar-refractivity contribution is 7.47. The second-order valence-electron chi connectivity index (χ2n) is 15.6. The van der Waals surface area contributed by atoms with E-state index in [0.29, 0.717) is 12.8 Å². The van der Waals surface area contributed by atoms with Crippen LogP contribution < -0.4 is 5.32 Å². The molecule has 0 rings (SSSR count). The van der Waals surface area contributed by atoms with Crippen LogP contribution in [0.25, 0.3) is 0 Å². The van der Waals surface area contributed by atoms with Crippen molar-refractivity contribution in [3.05, 3.63) is 36.5 Å². The molecule has 4 N–H and O–H groups in total. The number of carboxylic acid groups (broad SMARTS) is 1. The highest BCUT2D eigenvalue weighted by Crippen LogP contribution is 2.43. The molecule has 0 aromatic carbocycles. The molecular weight excluding hydrogens is 757 g/mol. The van der Waals surface area contributed by atoms with Gasteiger partial charge >= 0.3 is 19.8 Å². The van der Waals surface area contributed by atoms with Gasteiger partial charge in [-0.05, 0) is 51.4 Å². The molecule has 0 aliphatic rings. The van der Waals surface area contributed by atoms with Crippen LogP contribution in [0.2, 0.25) is 0 Å². The quantitative estimate of drug-likeness (QED) is 0.0201. The number of phosphoric acid groups is 1. The Morgan fingerprint density at radius 2 is 0.948 bits per heavy atom. The fourth-order valence-corrected chi connectivity index (χ4v) is 7.09. The number of aliphatic hydroxyl groups is 1. The van der Waals surface area contributed by atoms with Crippen molar-refractivity contribution in [2.75, 3.05) is 19.8 Å². The number of amides is 1. The molecule has 0 aliphatic carbocycles. The maximum atomic E-state index is 12.3. The number of ether oxygens (including phenoxy) is 1. The smallest absolute Gasteiger partial charge is 0.472 e. The zero-order chi connectivity index (χ0) is 42.8. The molecule has 58 heavy (non-hydrogen) atoms. The van der Waals surface area contributed by atoms with Crippen molar-refractivity contribution in [3.8, 4) is 0 Å². The maximum absolute atomic E-state index is 12.3. The number of rotatable bonds is 43. The summed E-state index contributed by atoms with van der Waals surface area (Å²) < 4.78 is 26.9. The fourth-order valence-electron chi connectivity index (χ4n) is 6.32. The van der Waals surface area contributed by atoms with Gasteiger partial charge in [0.05, 0.1) is 13.2 Å². The van der Waals surface area contributed by atoms with E-state index in [9.17, 15) is 34.1 Å². The number of aliphatic hydroxyl groups excluding tert-OH is 1. The third-order valence-corrected chi connectivity index (χ3v) is 10.9. The molecule has 0 aliphatic heterocycles. The van der Waals surface area contributed by atoms with E-state index in [0.717, 1.165) is 70.6 Å². The molecule has 338 valence electrons. The molecule has 0 aromatic heterocycles. The molecule has 0 bridgehead atoms. The average Bonchev–Trinajstić information content (AvgIpc) is 3.20. The number of nitrogens with one attached hydrogen (secondary N) is 1. The average molecular weight is 842 g/mol. The molecule has 11 nitrogen and oxygen atoms in total. The van der Waals surface area contributed by atoms with Crippen LogP contribution in [0.1, 0.15) is 206 Å². The summed E-state index contributed by atoms with van der Waals surface area (Å²) in [7, 11) is -4.76. The van der Waals surface area contributed by atoms with Crippen molar-refractivity contribution in [2.45, 2.75) is 219 Å². The largest absolute Gasteiger partial charge is 0.480 e. The van der Waals surface area contributed by atoms with Crippen molar-refractivity contribution < 1.29 is 47.8 Å². The van der Waals surface area contributed by atoms with Crippen LogP contribution >= 0.6 is 7.82 Å². The summed E-state index contributed by atoms with van der Waals surface area (Å²) in [4.78, 5) is 45.9. The Labute approximate surface area is 352 Å². The first-order valence-electron chi connectivity index (χ1n) is 23.0. The number of carbonyl (C=O) groups excluding carboxylic acids is 2. The molecule has 0 fully saturated rings. The van der Waals surface area contributed by atoms with E-state index in [1.165, 1.54) is 96.3 Å². The number of hydrogen-bond acceptors (Lipinski definition) is 8. The third kappa shape index (κ3) is 40.5. The van der Waals surface area contributed by atoms with E-state index in [1.54, 1.807) is 0 Å². The second kappa shape index (κ2) is 41.4. The molecule has 0 saturated carbocycles. The Morgan fingerprint density at radius 3 is 1.45 bits per heavy atom. The van der Waals surface area contributed by atoms with E-state index in [1.807, 2.05) is 0 Å². The van der Waals surface area contributed by atoms with Crippen molar-refractivity contribution in [2.24, 2.45) is 0 Å². The lowest BCUT2D eigenvalue weighted by molar-refractivity contribution is -0.147. The SMILES string of the molecule is CCCCC/C=C\C/C=C\C/C=C\CCCCCCCCC(=O)OCC(O)COP(=O)(O)OCC(NC(=O)CCCCCCCCCCCCCCCCC)C(=O)O. The summed E-state index contributed by atoms with van der Waals surface area (Å²) >= 11 is 0. The van der Waals surface area contributed by atoms with Crippen molar-refractivity contribution in [3.63, 3.8) is 0 Å². The molecule has 3 unspecified atom stereocenters. The van der Waals surface area contributed by atoms with E-state index in [4.69, 9.17) is 13.8 Å². The lowest BCUT2D eigenvalue weighted by atomic mass is 10.0. The van der Waals surface area contributed by atoms with Gasteiger partial charge in [-0.15, -0.1) is 0 Å². The third-order valence-electron chi connectivity index (χ3n) is 9.93. The van der Waals surface area contributed by atoms with Gasteiger partial charge in [-0.25, -0.2) is 9.36 Å². The topological polar surface area (TPSA) is 169 Å². The molecule has 0 spiro atoms. The lowest BCUT2D eigenvalue weighted by Gasteiger charge is -2.18. The van der Waals surface area contributed by atoms with E-state index in [2.05, 4.69) is 55.6 Å². The first-order chi connectivity index (χ1) is 28.1. The van der Waals surface area contributed by atoms with Crippen LogP contribution in [0.3, 0.4) is 0 Å². The van der Waals surface area contributed by atoms with Gasteiger partial charge in [-0.2, -0.15) is 0 Å². The fraction of sp³-hybridized carbons (Fsp3) is 0.804. The van der Waals surface area contributed by atoms with Crippen molar-refractivity contribution in [1.29, 1.82) is 0 Å². The minimum Gasteiger partial charge on any atom is -0.480 e. The maximum Gasteiger partial charge on any atom is 0.472 e. The van der Waals surface area contributed by atoms with Gasteiger partial charge in [-0.1, -0.05) is 179 Å². The Morgan fingerprint density at radius 1 is 0.552 bits per heavy atom. The molecule has 1 amide bonds. The standard InChI is InChI=1S/C46H84NO10P/c1-3-5-7-9-11-13-15-17-19-20-21-22-24-26-28-30-32-34-36-38-45(50)55-39-42(48)40-56-58(53,54)57-41-43(46(51)52)47-44(49)37-35-33-31-29-27-25-23-18-16-14-12-10-8-6-4-2/h11,13,17,19,21-22,42-43,48H,3-10,12,14-16,18,20,23-41H2,1-2H3,(H,47,49)(H,51,52)(H,53,54)/b13-11-,19-17-,22-21-. The van der Waals surface area contributed by atoms with Crippen LogP contribution in [0.5, 0.6) is 0 Å². The molecule has 0 radical (unpaired) electrons. The van der Waals surface area contributed by atoms with Crippen LogP contribution in [-0.4, -0.2) is 64.9 Å². The lowest BCUT2D eigenvalue weighted by Crippen LogP contribution is -2.43. The summed E-state index contributed by atoms with van der Waals surface area (Å²) in [5.74, 6) is -2.38. The minimum absolute atomic E-state index is 0.148. The number of allylic oxidation sites excluding steroid dienone is 6. The van der Waals surface area contributed by atoms with Crippen LogP contribution in [0.4, 0.5) is 0 Å². The molecular formula is C46H84NO10P. The van der Waals surface area contributed by atoms with E-state index >= 15 is 0 Å². The zero-order valence-electron chi connectivity index (χ0n) is 36.6. The number of esters is 1. The molecule has 0 saturated heterocycles. The van der Waals surface area contributed by atoms with E-state index < -0.39 is 57.6 Å². The van der Waals surface area contributed by atoms with Crippen LogP contribution in [0, 0.1) is 0 Å². The number of carbonyl (C=O) groups is 3. The Kier molecular flexibility index (Phi) is 39.8. The molecule has 0 aromatic rings.